The molecule has 2 aromatic carbocycles. The van der Waals surface area contributed by atoms with Crippen molar-refractivity contribution in [1.29, 1.82) is 0 Å². The maximum atomic E-state index is 13.6. The van der Waals surface area contributed by atoms with Crippen molar-refractivity contribution >= 4 is 22.5 Å². The molecule has 7 rings (SSSR count). The fourth-order valence-electron chi connectivity index (χ4n) is 6.25. The van der Waals surface area contributed by atoms with Crippen LogP contribution in [-0.2, 0) is 27.8 Å². The number of hydrogen-bond acceptors (Lipinski definition) is 5. The quantitative estimate of drug-likeness (QED) is 0.234. The first-order valence-electron chi connectivity index (χ1n) is 15.7. The average Bonchev–Trinajstić information content (AvgIpc) is 3.91. The third-order valence-electron chi connectivity index (χ3n) is 9.81. The zero-order valence-corrected chi connectivity index (χ0v) is 25.4. The summed E-state index contributed by atoms with van der Waals surface area (Å²) >= 11 is 0. The van der Waals surface area contributed by atoms with Gasteiger partial charge in [0.05, 0.1) is 17.1 Å². The van der Waals surface area contributed by atoms with Crippen LogP contribution in [0.4, 0.5) is 0 Å². The van der Waals surface area contributed by atoms with Gasteiger partial charge in [0.25, 0.3) is 0 Å². The number of aromatic nitrogens is 3. The van der Waals surface area contributed by atoms with Gasteiger partial charge < -0.3 is 9.64 Å². The highest BCUT2D eigenvalue weighted by atomic mass is 16.5. The van der Waals surface area contributed by atoms with Gasteiger partial charge >= 0.3 is 0 Å². The van der Waals surface area contributed by atoms with E-state index in [1.807, 2.05) is 33.8 Å². The lowest BCUT2D eigenvalue weighted by Crippen LogP contribution is -2.44. The number of Topliss-reactive ketones (excluding diaryl/α,β-unsaturated/α-hetero) is 1. The van der Waals surface area contributed by atoms with E-state index in [2.05, 4.69) is 51.1 Å². The molecule has 3 heterocycles. The fraction of sp³-hybridized carbons (Fsp3) is 0.444. The van der Waals surface area contributed by atoms with Crippen LogP contribution in [0.5, 0.6) is 5.88 Å². The molecule has 7 heteroatoms. The molecule has 43 heavy (non-hydrogen) atoms. The van der Waals surface area contributed by atoms with Gasteiger partial charge in [-0.2, -0.15) is 5.10 Å². The first kappa shape index (κ1) is 27.8. The largest absolute Gasteiger partial charge is 0.474 e. The number of benzene rings is 2. The average molecular weight is 577 g/mol. The molecule has 3 aliphatic rings. The van der Waals surface area contributed by atoms with E-state index in [0.717, 1.165) is 85.0 Å². The molecule has 0 atom stereocenters. The van der Waals surface area contributed by atoms with Crippen LogP contribution in [0.25, 0.3) is 16.5 Å². The zero-order valence-electron chi connectivity index (χ0n) is 25.4. The van der Waals surface area contributed by atoms with E-state index in [9.17, 15) is 9.59 Å². The Labute approximate surface area is 253 Å². The topological polar surface area (TPSA) is 77.3 Å². The minimum absolute atomic E-state index is 0.0176. The standard InChI is InChI=1S/C36H40N4O3/c1-24-8-10-26(11-9-24)40-27(22-32(38-40)35(2)14-15-35)21-28(41)20-25-23-37-33(31-7-5-4-6-30(25)31)43-29-12-18-39(19-13-29)34(42)36(3)16-17-36/h4-11,22-23,29H,12-21H2,1-3H3. The lowest BCUT2D eigenvalue weighted by atomic mass is 10.00. The van der Waals surface area contributed by atoms with Gasteiger partial charge in [0, 0.05) is 61.2 Å². The Balaban J connectivity index is 1.07. The van der Waals surface area contributed by atoms with Gasteiger partial charge in [-0.05, 0) is 67.8 Å². The minimum Gasteiger partial charge on any atom is -0.474 e. The van der Waals surface area contributed by atoms with Crippen LogP contribution in [-0.4, -0.2) is 50.5 Å². The summed E-state index contributed by atoms with van der Waals surface area (Å²) < 4.78 is 8.37. The van der Waals surface area contributed by atoms with E-state index >= 15 is 0 Å². The lowest BCUT2D eigenvalue weighted by Gasteiger charge is -2.33. The first-order chi connectivity index (χ1) is 20.7. The molecule has 4 aromatic rings. The number of hydrogen-bond donors (Lipinski definition) is 0. The van der Waals surface area contributed by atoms with Crippen molar-refractivity contribution in [3.63, 3.8) is 0 Å². The van der Waals surface area contributed by atoms with Crippen molar-refractivity contribution in [2.75, 3.05) is 13.1 Å². The molecule has 2 aliphatic carbocycles. The Morgan fingerprint density at radius 3 is 2.30 bits per heavy atom. The highest BCUT2D eigenvalue weighted by Gasteiger charge is 2.47. The summed E-state index contributed by atoms with van der Waals surface area (Å²) in [5.74, 6) is 1.02. The Bertz CT molecular complexity index is 1690. The number of fused-ring (bicyclic) bond motifs is 1. The van der Waals surface area contributed by atoms with E-state index in [1.165, 1.54) is 5.56 Å². The predicted molar refractivity (Wildman–Crippen MR) is 167 cm³/mol. The van der Waals surface area contributed by atoms with Crippen LogP contribution >= 0.6 is 0 Å². The van der Waals surface area contributed by atoms with Crippen LogP contribution in [0.3, 0.4) is 0 Å². The summed E-state index contributed by atoms with van der Waals surface area (Å²) in [6.07, 6.45) is 8.29. The Hall–Kier alpha value is -4.00. The van der Waals surface area contributed by atoms with Crippen LogP contribution in [0.1, 0.15) is 74.9 Å². The molecule has 222 valence electrons. The van der Waals surface area contributed by atoms with Gasteiger partial charge in [0.2, 0.25) is 11.8 Å². The summed E-state index contributed by atoms with van der Waals surface area (Å²) in [5, 5.41) is 6.88. The number of carbonyl (C=O) groups is 2. The third-order valence-corrected chi connectivity index (χ3v) is 9.81. The van der Waals surface area contributed by atoms with Gasteiger partial charge in [-0.3, -0.25) is 9.59 Å². The van der Waals surface area contributed by atoms with E-state index in [0.29, 0.717) is 24.6 Å². The second-order valence-corrected chi connectivity index (χ2v) is 13.5. The molecule has 0 unspecified atom stereocenters. The normalized spacial score (nSPS) is 18.9. The highest BCUT2D eigenvalue weighted by Crippen LogP contribution is 2.48. The van der Waals surface area contributed by atoms with Gasteiger partial charge in [-0.25, -0.2) is 9.67 Å². The van der Waals surface area contributed by atoms with Crippen LogP contribution < -0.4 is 4.74 Å². The summed E-state index contributed by atoms with van der Waals surface area (Å²) in [5.41, 5.74) is 5.06. The smallest absolute Gasteiger partial charge is 0.228 e. The maximum Gasteiger partial charge on any atom is 0.228 e. The number of ether oxygens (including phenoxy) is 1. The number of amides is 1. The van der Waals surface area contributed by atoms with Gasteiger partial charge in [-0.1, -0.05) is 49.7 Å². The number of carbonyl (C=O) groups excluding carboxylic acids is 2. The number of pyridine rings is 1. The van der Waals surface area contributed by atoms with E-state index in [1.54, 1.807) is 6.20 Å². The molecule has 1 aliphatic heterocycles. The van der Waals surface area contributed by atoms with Gasteiger partial charge in [-0.15, -0.1) is 0 Å². The number of ketones is 1. The molecule has 1 saturated heterocycles. The Kier molecular flexibility index (Phi) is 6.87. The summed E-state index contributed by atoms with van der Waals surface area (Å²) in [7, 11) is 0. The third kappa shape index (κ3) is 5.57. The molecule has 0 spiro atoms. The number of nitrogens with zero attached hydrogens (tertiary/aromatic N) is 4. The first-order valence-corrected chi connectivity index (χ1v) is 15.7. The second kappa shape index (κ2) is 10.6. The minimum atomic E-state index is -0.128. The second-order valence-electron chi connectivity index (χ2n) is 13.5. The van der Waals surface area contributed by atoms with Crippen molar-refractivity contribution in [3.05, 3.63) is 83.3 Å². The number of likely N-dealkylation sites (tertiary alicyclic amines) is 1. The number of aryl methyl sites for hydroxylation is 1. The van der Waals surface area contributed by atoms with E-state index in [4.69, 9.17) is 14.8 Å². The van der Waals surface area contributed by atoms with Crippen LogP contribution in [0.15, 0.2) is 60.8 Å². The van der Waals surface area contributed by atoms with Crippen molar-refractivity contribution in [2.45, 2.75) is 83.7 Å². The molecule has 2 saturated carbocycles. The van der Waals surface area contributed by atoms with Crippen LogP contribution in [0, 0.1) is 12.3 Å². The molecule has 2 aromatic heterocycles. The Morgan fingerprint density at radius 1 is 0.930 bits per heavy atom. The molecule has 1 amide bonds. The highest BCUT2D eigenvalue weighted by molar-refractivity contribution is 5.93. The number of piperidine rings is 1. The maximum absolute atomic E-state index is 13.6. The van der Waals surface area contributed by atoms with Crippen molar-refractivity contribution in [1.82, 2.24) is 19.7 Å². The zero-order chi connectivity index (χ0) is 29.8. The van der Waals surface area contributed by atoms with E-state index in [-0.39, 0.29) is 22.7 Å². The molecular weight excluding hydrogens is 536 g/mol. The molecule has 0 bridgehead atoms. The van der Waals surface area contributed by atoms with Crippen molar-refractivity contribution in [2.24, 2.45) is 5.41 Å². The summed E-state index contributed by atoms with van der Waals surface area (Å²) in [4.78, 5) is 33.0. The molecule has 7 nitrogen and oxygen atoms in total. The monoisotopic (exact) mass is 576 g/mol. The SMILES string of the molecule is Cc1ccc(-n2nc(C3(C)CC3)cc2CC(=O)Cc2cnc(OC3CCN(C(=O)C4(C)CC4)CC3)c3ccccc23)cc1. The summed E-state index contributed by atoms with van der Waals surface area (Å²) in [6.45, 7) is 7.85. The van der Waals surface area contributed by atoms with Crippen molar-refractivity contribution < 1.29 is 14.3 Å². The predicted octanol–water partition coefficient (Wildman–Crippen LogP) is 6.30. The molecule has 3 fully saturated rings. The molecule has 0 N–H and O–H groups in total. The lowest BCUT2D eigenvalue weighted by molar-refractivity contribution is -0.138. The molecule has 0 radical (unpaired) electrons. The summed E-state index contributed by atoms with van der Waals surface area (Å²) in [6, 6.07) is 18.5. The van der Waals surface area contributed by atoms with Crippen LogP contribution in [0.2, 0.25) is 0 Å². The van der Waals surface area contributed by atoms with Crippen molar-refractivity contribution in [3.8, 4) is 11.6 Å². The fourth-order valence-corrected chi connectivity index (χ4v) is 6.25. The molecular formula is C36H40N4O3. The van der Waals surface area contributed by atoms with E-state index < -0.39 is 0 Å². The van der Waals surface area contributed by atoms with Gasteiger partial charge in [0.1, 0.15) is 11.9 Å². The number of rotatable bonds is 9. The van der Waals surface area contributed by atoms with Gasteiger partial charge in [0.15, 0.2) is 0 Å². The Morgan fingerprint density at radius 2 is 1.63 bits per heavy atom.